The largest absolute Gasteiger partial charge is 0.480 e. The molecule has 4 N–H and O–H groups in total. The molecule has 42 heavy (non-hydrogen) atoms. The molecule has 0 spiro atoms. The molecule has 0 aromatic heterocycles. The van der Waals surface area contributed by atoms with Crippen LogP contribution in [-0.4, -0.2) is 41.4 Å². The molecule has 3 aromatic rings. The predicted molar refractivity (Wildman–Crippen MR) is 162 cm³/mol. The van der Waals surface area contributed by atoms with Gasteiger partial charge in [-0.3, -0.25) is 23.5 Å². The molecular weight excluding hydrogens is 555 g/mol. The van der Waals surface area contributed by atoms with Gasteiger partial charge in [-0.2, -0.15) is 0 Å². The molecule has 0 saturated heterocycles. The Bertz CT molecular complexity index is 1380. The molecule has 0 fully saturated rings. The van der Waals surface area contributed by atoms with Crippen LogP contribution in [0.1, 0.15) is 44.6 Å². The number of hydrogen-bond acceptors (Lipinski definition) is 7. The van der Waals surface area contributed by atoms with Crippen molar-refractivity contribution in [3.63, 3.8) is 0 Å². The topological polar surface area (TPSA) is 145 Å². The summed E-state index contributed by atoms with van der Waals surface area (Å²) in [7, 11) is -3.98. The molecule has 224 valence electrons. The highest BCUT2D eigenvalue weighted by atomic mass is 31.2. The Labute approximate surface area is 246 Å². The summed E-state index contributed by atoms with van der Waals surface area (Å²) in [5.74, 6) is -4.89. The number of benzene rings is 3. The number of rotatable bonds is 14. The Hall–Kier alpha value is -3.78. The number of amides is 1. The number of ether oxygens (including phenoxy) is 1. The Morgan fingerprint density at radius 3 is 1.95 bits per heavy atom. The number of aliphatic carboxylic acids is 1. The van der Waals surface area contributed by atoms with Crippen molar-refractivity contribution in [1.29, 1.82) is 0 Å². The average molecular weight is 595 g/mol. The first-order valence-corrected chi connectivity index (χ1v) is 15.7. The fourth-order valence-corrected chi connectivity index (χ4v) is 7.03. The van der Waals surface area contributed by atoms with Crippen LogP contribution in [0.4, 0.5) is 0 Å². The second-order valence-corrected chi connectivity index (χ2v) is 13.2. The van der Waals surface area contributed by atoms with Crippen molar-refractivity contribution in [1.82, 2.24) is 5.32 Å². The van der Waals surface area contributed by atoms with E-state index in [-0.39, 0.29) is 18.5 Å². The number of esters is 1. The van der Waals surface area contributed by atoms with E-state index in [1.54, 1.807) is 44.2 Å². The molecule has 0 aliphatic rings. The summed E-state index contributed by atoms with van der Waals surface area (Å²) in [6, 6.07) is 25.0. The van der Waals surface area contributed by atoms with Gasteiger partial charge in [0.25, 0.3) is 0 Å². The zero-order valence-electron chi connectivity index (χ0n) is 24.3. The van der Waals surface area contributed by atoms with Gasteiger partial charge in [-0.05, 0) is 35.6 Å². The van der Waals surface area contributed by atoms with E-state index in [0.29, 0.717) is 5.56 Å². The summed E-state index contributed by atoms with van der Waals surface area (Å²) in [5, 5.41) is 11.9. The van der Waals surface area contributed by atoms with Gasteiger partial charge in [0.1, 0.15) is 11.8 Å². The van der Waals surface area contributed by atoms with E-state index >= 15 is 0 Å². The van der Waals surface area contributed by atoms with E-state index in [1.165, 1.54) is 13.8 Å². The summed E-state index contributed by atoms with van der Waals surface area (Å²) in [6.07, 6.45) is -1.34. The fraction of sp³-hybridized carbons (Fsp3) is 0.344. The fourth-order valence-electron chi connectivity index (χ4n) is 4.41. The van der Waals surface area contributed by atoms with E-state index in [9.17, 15) is 24.1 Å². The monoisotopic (exact) mass is 594 g/mol. The maximum absolute atomic E-state index is 14.7. The third-order valence-corrected chi connectivity index (χ3v) is 9.45. The first kappa shape index (κ1) is 32.7. The number of hydrogen-bond donors (Lipinski definition) is 3. The van der Waals surface area contributed by atoms with Crippen molar-refractivity contribution < 1.29 is 33.3 Å². The van der Waals surface area contributed by atoms with E-state index in [0.717, 1.165) is 16.7 Å². The number of nitrogens with one attached hydrogen (secondary N) is 1. The average Bonchev–Trinajstić information content (AvgIpc) is 2.97. The Balaban J connectivity index is 2.00. The number of carboxylic acid groups (broad SMARTS) is 1. The number of carbonyl (C=O) groups is 3. The highest BCUT2D eigenvalue weighted by Crippen LogP contribution is 2.60. The molecule has 10 heteroatoms. The van der Waals surface area contributed by atoms with Gasteiger partial charge in [-0.15, -0.1) is 0 Å². The van der Waals surface area contributed by atoms with Crippen LogP contribution in [-0.2, 0) is 34.6 Å². The molecular formula is C32H39N2O7P. The number of carboxylic acids is 1. The molecule has 9 nitrogen and oxygen atoms in total. The van der Waals surface area contributed by atoms with E-state index < -0.39 is 49.2 Å². The van der Waals surface area contributed by atoms with Crippen molar-refractivity contribution in [3.05, 3.63) is 96.1 Å². The quantitative estimate of drug-likeness (QED) is 0.124. The van der Waals surface area contributed by atoms with Crippen molar-refractivity contribution in [3.8, 4) is 11.1 Å². The molecule has 3 unspecified atom stereocenters. The van der Waals surface area contributed by atoms with Gasteiger partial charge in [0.05, 0.1) is 5.92 Å². The van der Waals surface area contributed by atoms with Gasteiger partial charge in [0.15, 0.2) is 0 Å². The minimum Gasteiger partial charge on any atom is -0.480 e. The molecule has 0 aliphatic carbocycles. The van der Waals surface area contributed by atoms with Gasteiger partial charge >= 0.3 is 11.9 Å². The summed E-state index contributed by atoms with van der Waals surface area (Å²) in [6.45, 7) is 6.08. The van der Waals surface area contributed by atoms with Gasteiger partial charge in [-0.1, -0.05) is 98.8 Å². The highest BCUT2D eigenvalue weighted by molar-refractivity contribution is 7.59. The SMILES string of the molecule is CC(=O)OC(OP(=O)(C[C@@H](Cc1ccc(-c2ccccc2)cc1)C(=O)N[C@H](C)C(=O)O)C(N)c1ccccc1)C(C)C. The standard InChI is InChI=1S/C32H39N2O7P/c1-21(2)32(40-23(4)35)41-42(39,29(33)27-13-9-6-10-14-27)20-28(30(36)34-22(3)31(37)38)19-24-15-17-26(18-16-24)25-11-7-5-8-12-25/h5-18,21-22,28-29,32H,19-20,33H2,1-4H3,(H,34,36)(H,37,38)/t22-,28-,29?,32?,42?/m1/s1. The lowest BCUT2D eigenvalue weighted by Gasteiger charge is -2.32. The highest BCUT2D eigenvalue weighted by Gasteiger charge is 2.41. The normalized spacial score (nSPS) is 15.6. The van der Waals surface area contributed by atoms with E-state index in [4.69, 9.17) is 15.0 Å². The van der Waals surface area contributed by atoms with Crippen molar-refractivity contribution in [2.45, 2.75) is 52.2 Å². The summed E-state index contributed by atoms with van der Waals surface area (Å²) >= 11 is 0. The third kappa shape index (κ3) is 9.11. The summed E-state index contributed by atoms with van der Waals surface area (Å²) in [4.78, 5) is 36.9. The molecule has 0 heterocycles. The molecule has 0 aliphatic heterocycles. The first-order valence-electron chi connectivity index (χ1n) is 13.8. The van der Waals surface area contributed by atoms with Crippen LogP contribution >= 0.6 is 7.37 Å². The zero-order valence-corrected chi connectivity index (χ0v) is 25.2. The van der Waals surface area contributed by atoms with Gasteiger partial charge in [0.2, 0.25) is 19.6 Å². The molecule has 1 amide bonds. The molecule has 3 aromatic carbocycles. The van der Waals surface area contributed by atoms with Crippen LogP contribution in [0.25, 0.3) is 11.1 Å². The number of nitrogens with two attached hydrogens (primary N) is 1. The lowest BCUT2D eigenvalue weighted by Crippen LogP contribution is -2.43. The van der Waals surface area contributed by atoms with Gasteiger partial charge in [-0.25, -0.2) is 0 Å². The lowest BCUT2D eigenvalue weighted by molar-refractivity contribution is -0.166. The first-order chi connectivity index (χ1) is 19.9. The molecule has 0 bridgehead atoms. The van der Waals surface area contributed by atoms with Crippen LogP contribution in [0.3, 0.4) is 0 Å². The molecule has 5 atom stereocenters. The van der Waals surface area contributed by atoms with Crippen LogP contribution in [0.2, 0.25) is 0 Å². The van der Waals surface area contributed by atoms with Crippen molar-refractivity contribution >= 4 is 25.2 Å². The van der Waals surface area contributed by atoms with Crippen LogP contribution in [0, 0.1) is 11.8 Å². The van der Waals surface area contributed by atoms with Gasteiger partial charge in [0, 0.05) is 19.0 Å². The van der Waals surface area contributed by atoms with E-state index in [1.807, 2.05) is 54.6 Å². The summed E-state index contributed by atoms with van der Waals surface area (Å²) in [5.41, 5.74) is 9.89. The number of carbonyl (C=O) groups excluding carboxylic acids is 2. The van der Waals surface area contributed by atoms with Crippen LogP contribution in [0.15, 0.2) is 84.9 Å². The van der Waals surface area contributed by atoms with E-state index in [2.05, 4.69) is 5.32 Å². The second kappa shape index (κ2) is 14.9. The minimum atomic E-state index is -3.98. The van der Waals surface area contributed by atoms with Crippen molar-refractivity contribution in [2.24, 2.45) is 17.6 Å². The zero-order chi connectivity index (χ0) is 30.9. The third-order valence-electron chi connectivity index (χ3n) is 6.79. The Morgan fingerprint density at radius 1 is 0.881 bits per heavy atom. The molecule has 3 rings (SSSR count). The second-order valence-electron chi connectivity index (χ2n) is 10.6. The van der Waals surface area contributed by atoms with Crippen LogP contribution < -0.4 is 11.1 Å². The minimum absolute atomic E-state index is 0.141. The Morgan fingerprint density at radius 2 is 1.43 bits per heavy atom. The molecule has 0 radical (unpaired) electrons. The van der Waals surface area contributed by atoms with Crippen molar-refractivity contribution in [2.75, 3.05) is 6.16 Å². The maximum Gasteiger partial charge on any atom is 0.325 e. The maximum atomic E-state index is 14.7. The van der Waals surface area contributed by atoms with Crippen LogP contribution in [0.5, 0.6) is 0 Å². The predicted octanol–water partition coefficient (Wildman–Crippen LogP) is 5.60. The summed E-state index contributed by atoms with van der Waals surface area (Å²) < 4.78 is 26.1. The molecule has 0 saturated carbocycles. The smallest absolute Gasteiger partial charge is 0.325 e. The lowest BCUT2D eigenvalue weighted by atomic mass is 9.97. The Kier molecular flexibility index (Phi) is 11.6. The van der Waals surface area contributed by atoms with Gasteiger partial charge < -0.3 is 20.9 Å².